The zero-order valence-corrected chi connectivity index (χ0v) is 7.26. The number of nitrogens with two attached hydrogens (primary N) is 1. The number of carboxylic acid groups (broad SMARTS) is 1. The van der Waals surface area contributed by atoms with Crippen molar-refractivity contribution in [1.82, 2.24) is 5.32 Å². The second kappa shape index (κ2) is 12.0. The van der Waals surface area contributed by atoms with Crippen LogP contribution >= 0.6 is 0 Å². The van der Waals surface area contributed by atoms with Gasteiger partial charge in [0.15, 0.2) is 0 Å². The summed E-state index contributed by atoms with van der Waals surface area (Å²) in [5.74, 6) is 0. The number of amides is 1. The van der Waals surface area contributed by atoms with E-state index in [2.05, 4.69) is 12.2 Å². The summed E-state index contributed by atoms with van der Waals surface area (Å²) in [7, 11) is 0. The zero-order valence-electron chi connectivity index (χ0n) is 7.26. The Labute approximate surface area is 67.8 Å². The normalized spacial score (nSPS) is 7.91. The lowest BCUT2D eigenvalue weighted by Crippen LogP contribution is -2.20. The lowest BCUT2D eigenvalue weighted by molar-refractivity contribution is 0.194. The number of rotatable bonds is 3. The van der Waals surface area contributed by atoms with E-state index in [4.69, 9.17) is 10.8 Å². The molecule has 0 fully saturated rings. The third kappa shape index (κ3) is 27.0. The van der Waals surface area contributed by atoms with E-state index in [0.717, 1.165) is 19.4 Å². The van der Waals surface area contributed by atoms with E-state index in [1.54, 1.807) is 0 Å². The highest BCUT2D eigenvalue weighted by atomic mass is 16.4. The molecule has 0 rings (SSSR count). The number of carbonyl (C=O) groups is 1. The third-order valence-corrected chi connectivity index (χ3v) is 0.815. The lowest BCUT2D eigenvalue weighted by atomic mass is 10.5. The first-order valence-corrected chi connectivity index (χ1v) is 3.85. The second-order valence-corrected chi connectivity index (χ2v) is 2.02. The van der Waals surface area contributed by atoms with Crippen LogP contribution in [0.25, 0.3) is 0 Å². The number of hydrogen-bond donors (Lipinski definition) is 3. The Morgan fingerprint density at radius 3 is 2.00 bits per heavy atom. The molecule has 0 heterocycles. The average molecular weight is 162 g/mol. The van der Waals surface area contributed by atoms with Crippen molar-refractivity contribution in [3.05, 3.63) is 0 Å². The van der Waals surface area contributed by atoms with Crippen LogP contribution in [0.2, 0.25) is 0 Å². The van der Waals surface area contributed by atoms with Crippen molar-refractivity contribution in [2.24, 2.45) is 5.73 Å². The maximum atomic E-state index is 9.65. The van der Waals surface area contributed by atoms with E-state index in [9.17, 15) is 4.79 Å². The van der Waals surface area contributed by atoms with Crippen LogP contribution in [0.3, 0.4) is 0 Å². The molecule has 0 aliphatic heterocycles. The molecular weight excluding hydrogens is 144 g/mol. The molecule has 0 aromatic rings. The molecule has 0 aromatic heterocycles. The summed E-state index contributed by atoms with van der Waals surface area (Å²) >= 11 is 0. The summed E-state index contributed by atoms with van der Waals surface area (Å²) in [6, 6.07) is 0. The van der Waals surface area contributed by atoms with Crippen molar-refractivity contribution in [3.63, 3.8) is 0 Å². The van der Waals surface area contributed by atoms with Gasteiger partial charge in [0.2, 0.25) is 0 Å². The van der Waals surface area contributed by atoms with Crippen molar-refractivity contribution in [3.8, 4) is 0 Å². The van der Waals surface area contributed by atoms with Crippen LogP contribution < -0.4 is 11.1 Å². The minimum Gasteiger partial charge on any atom is -0.465 e. The number of nitrogens with one attached hydrogen (secondary N) is 1. The summed E-state index contributed by atoms with van der Waals surface area (Å²) in [5.41, 5.74) is 5.03. The van der Waals surface area contributed by atoms with Gasteiger partial charge in [0, 0.05) is 6.54 Å². The minimum atomic E-state index is -0.943. The van der Waals surface area contributed by atoms with E-state index >= 15 is 0 Å². The molecule has 4 heteroatoms. The highest BCUT2D eigenvalue weighted by Crippen LogP contribution is 1.67. The first-order chi connectivity index (χ1) is 5.18. The van der Waals surface area contributed by atoms with Gasteiger partial charge in [-0.25, -0.2) is 4.79 Å². The fraction of sp³-hybridized carbons (Fsp3) is 0.857. The van der Waals surface area contributed by atoms with Gasteiger partial charge in [-0.3, -0.25) is 0 Å². The average Bonchev–Trinajstić information content (AvgIpc) is 2.01. The van der Waals surface area contributed by atoms with E-state index < -0.39 is 6.09 Å². The molecule has 68 valence electrons. The molecule has 0 saturated heterocycles. The van der Waals surface area contributed by atoms with Crippen LogP contribution in [0.5, 0.6) is 0 Å². The van der Waals surface area contributed by atoms with Crippen LogP contribution in [0, 0.1) is 0 Å². The highest BCUT2D eigenvalue weighted by Gasteiger charge is 1.86. The van der Waals surface area contributed by atoms with Crippen LogP contribution in [-0.4, -0.2) is 24.3 Å². The molecular formula is C7H18N2O2. The first kappa shape index (κ1) is 12.9. The molecule has 1 amide bonds. The smallest absolute Gasteiger partial charge is 0.404 e. The Morgan fingerprint density at radius 1 is 1.45 bits per heavy atom. The third-order valence-electron chi connectivity index (χ3n) is 0.815. The fourth-order valence-corrected chi connectivity index (χ4v) is 0.232. The molecule has 0 unspecified atom stereocenters. The van der Waals surface area contributed by atoms with E-state index in [1.807, 2.05) is 6.92 Å². The standard InChI is InChI=1S/C4H9NO2.C3H9N/c1-2-3-5-4(6)7;1-2-3-4/h5H,2-3H2,1H3,(H,6,7);2-4H2,1H3. The molecule has 0 aromatic carbocycles. The summed E-state index contributed by atoms with van der Waals surface area (Å²) < 4.78 is 0. The zero-order chi connectivity index (χ0) is 9.11. The van der Waals surface area contributed by atoms with Crippen molar-refractivity contribution < 1.29 is 9.90 Å². The molecule has 0 radical (unpaired) electrons. The monoisotopic (exact) mass is 162 g/mol. The molecule has 0 atom stereocenters. The van der Waals surface area contributed by atoms with Crippen LogP contribution in [0.1, 0.15) is 26.7 Å². The number of hydrogen-bond acceptors (Lipinski definition) is 2. The largest absolute Gasteiger partial charge is 0.465 e. The van der Waals surface area contributed by atoms with E-state index in [0.29, 0.717) is 6.54 Å². The van der Waals surface area contributed by atoms with Gasteiger partial charge in [0.1, 0.15) is 0 Å². The molecule has 0 saturated carbocycles. The Kier molecular flexibility index (Phi) is 14.0. The van der Waals surface area contributed by atoms with Crippen LogP contribution in [-0.2, 0) is 0 Å². The molecule has 0 spiro atoms. The highest BCUT2D eigenvalue weighted by molar-refractivity contribution is 5.64. The molecule has 0 aliphatic rings. The maximum Gasteiger partial charge on any atom is 0.404 e. The van der Waals surface area contributed by atoms with Gasteiger partial charge in [-0.05, 0) is 19.4 Å². The van der Waals surface area contributed by atoms with Crippen molar-refractivity contribution in [1.29, 1.82) is 0 Å². The first-order valence-electron chi connectivity index (χ1n) is 3.85. The summed E-state index contributed by atoms with van der Waals surface area (Å²) in [4.78, 5) is 9.65. The van der Waals surface area contributed by atoms with Gasteiger partial charge < -0.3 is 16.2 Å². The van der Waals surface area contributed by atoms with Crippen LogP contribution in [0.15, 0.2) is 0 Å². The fourth-order valence-electron chi connectivity index (χ4n) is 0.232. The molecule has 11 heavy (non-hydrogen) atoms. The Hall–Kier alpha value is -0.770. The van der Waals surface area contributed by atoms with Gasteiger partial charge in [0.05, 0.1) is 0 Å². The summed E-state index contributed by atoms with van der Waals surface area (Å²) in [6.45, 7) is 5.34. The predicted molar refractivity (Wildman–Crippen MR) is 45.7 cm³/mol. The van der Waals surface area contributed by atoms with Crippen molar-refractivity contribution in [2.45, 2.75) is 26.7 Å². The molecule has 4 N–H and O–H groups in total. The molecule has 0 bridgehead atoms. The molecule has 4 nitrogen and oxygen atoms in total. The van der Waals surface area contributed by atoms with Crippen LogP contribution in [0.4, 0.5) is 4.79 Å². The van der Waals surface area contributed by atoms with E-state index in [-0.39, 0.29) is 0 Å². The summed E-state index contributed by atoms with van der Waals surface area (Å²) in [6.07, 6.45) is 1.01. The predicted octanol–water partition coefficient (Wildman–Crippen LogP) is 1.02. The summed E-state index contributed by atoms with van der Waals surface area (Å²) in [5, 5.41) is 10.1. The second-order valence-electron chi connectivity index (χ2n) is 2.02. The Bertz CT molecular complexity index is 84.5. The Balaban J connectivity index is 0. The van der Waals surface area contributed by atoms with Gasteiger partial charge in [-0.15, -0.1) is 0 Å². The molecule has 0 aliphatic carbocycles. The van der Waals surface area contributed by atoms with Gasteiger partial charge in [0.25, 0.3) is 0 Å². The van der Waals surface area contributed by atoms with Crippen molar-refractivity contribution in [2.75, 3.05) is 13.1 Å². The quantitative estimate of drug-likeness (QED) is 0.580. The SMILES string of the molecule is CCCN.CCCNC(=O)O. The van der Waals surface area contributed by atoms with Gasteiger partial charge >= 0.3 is 6.09 Å². The topological polar surface area (TPSA) is 75.3 Å². The minimum absolute atomic E-state index is 0.551. The Morgan fingerprint density at radius 2 is 1.91 bits per heavy atom. The van der Waals surface area contributed by atoms with Crippen molar-refractivity contribution >= 4 is 6.09 Å². The van der Waals surface area contributed by atoms with E-state index in [1.165, 1.54) is 0 Å². The van der Waals surface area contributed by atoms with Gasteiger partial charge in [-0.2, -0.15) is 0 Å². The lowest BCUT2D eigenvalue weighted by Gasteiger charge is -1.91. The van der Waals surface area contributed by atoms with Gasteiger partial charge in [-0.1, -0.05) is 13.8 Å². The maximum absolute atomic E-state index is 9.65.